The zero-order valence-corrected chi connectivity index (χ0v) is 10.0. The van der Waals surface area contributed by atoms with Gasteiger partial charge in [0.25, 0.3) is 0 Å². The molecule has 0 atom stereocenters. The first-order chi connectivity index (χ1) is 7.78. The third kappa shape index (κ3) is 2.94. The fourth-order valence-electron chi connectivity index (χ4n) is 1.16. The van der Waals surface area contributed by atoms with Crippen molar-refractivity contribution >= 4 is 29.0 Å². The molecule has 7 heteroatoms. The molecule has 5 nitrogen and oxygen atoms in total. The van der Waals surface area contributed by atoms with Crippen molar-refractivity contribution in [3.63, 3.8) is 0 Å². The molecule has 0 saturated heterocycles. The largest absolute Gasteiger partial charge is 0.408 e. The van der Waals surface area contributed by atoms with E-state index in [-0.39, 0.29) is 0 Å². The quantitative estimate of drug-likeness (QED) is 0.857. The summed E-state index contributed by atoms with van der Waals surface area (Å²) in [5, 5.41) is 10.7. The van der Waals surface area contributed by atoms with E-state index in [1.54, 1.807) is 0 Å². The van der Waals surface area contributed by atoms with Crippen molar-refractivity contribution in [3.8, 4) is 0 Å². The van der Waals surface area contributed by atoms with E-state index in [0.717, 1.165) is 9.21 Å². The van der Waals surface area contributed by atoms with E-state index in [1.165, 1.54) is 11.3 Å². The molecule has 0 radical (unpaired) electrons. The van der Waals surface area contributed by atoms with Crippen molar-refractivity contribution in [1.82, 2.24) is 10.2 Å². The molecule has 86 valence electrons. The van der Waals surface area contributed by atoms with E-state index in [9.17, 15) is 0 Å². The van der Waals surface area contributed by atoms with Gasteiger partial charge in [0.05, 0.1) is 10.9 Å². The standard InChI is InChI=1S/C9H11ClN4OS/c10-7-2-1-6(16-7)5-12-9-14-13-8(15-9)3-4-11/h1-2H,3-5,11H2,(H,12,14). The second kappa shape index (κ2) is 5.29. The Morgan fingerprint density at radius 1 is 1.44 bits per heavy atom. The van der Waals surface area contributed by atoms with E-state index >= 15 is 0 Å². The summed E-state index contributed by atoms with van der Waals surface area (Å²) in [5.41, 5.74) is 5.38. The van der Waals surface area contributed by atoms with Crippen LogP contribution in [0.2, 0.25) is 4.34 Å². The molecule has 0 fully saturated rings. The van der Waals surface area contributed by atoms with Crippen molar-refractivity contribution in [2.45, 2.75) is 13.0 Å². The van der Waals surface area contributed by atoms with E-state index in [4.69, 9.17) is 21.8 Å². The molecule has 0 aliphatic heterocycles. The van der Waals surface area contributed by atoms with Gasteiger partial charge in [0.2, 0.25) is 5.89 Å². The number of aromatic nitrogens is 2. The van der Waals surface area contributed by atoms with Crippen LogP contribution >= 0.6 is 22.9 Å². The normalized spacial score (nSPS) is 10.6. The number of anilines is 1. The van der Waals surface area contributed by atoms with Gasteiger partial charge < -0.3 is 15.5 Å². The molecule has 0 unspecified atom stereocenters. The molecule has 3 N–H and O–H groups in total. The second-order valence-electron chi connectivity index (χ2n) is 3.10. The number of hydrogen-bond acceptors (Lipinski definition) is 6. The predicted molar refractivity (Wildman–Crippen MR) is 63.7 cm³/mol. The van der Waals surface area contributed by atoms with Gasteiger partial charge in [0, 0.05) is 17.8 Å². The maximum absolute atomic E-state index is 5.81. The van der Waals surface area contributed by atoms with Crippen LogP contribution in [-0.4, -0.2) is 16.7 Å². The Balaban J connectivity index is 1.89. The fraction of sp³-hybridized carbons (Fsp3) is 0.333. The van der Waals surface area contributed by atoms with Crippen LogP contribution in [0.4, 0.5) is 6.01 Å². The highest BCUT2D eigenvalue weighted by Gasteiger charge is 2.05. The highest BCUT2D eigenvalue weighted by molar-refractivity contribution is 7.16. The van der Waals surface area contributed by atoms with Crippen molar-refractivity contribution in [1.29, 1.82) is 0 Å². The molecule has 2 aromatic heterocycles. The SMILES string of the molecule is NCCc1nnc(NCc2ccc(Cl)s2)o1. The van der Waals surface area contributed by atoms with Crippen LogP contribution < -0.4 is 11.1 Å². The smallest absolute Gasteiger partial charge is 0.315 e. The van der Waals surface area contributed by atoms with Crippen LogP contribution in [0.25, 0.3) is 0 Å². The molecular formula is C9H11ClN4OS. The summed E-state index contributed by atoms with van der Waals surface area (Å²) in [6.45, 7) is 1.13. The third-order valence-electron chi connectivity index (χ3n) is 1.87. The van der Waals surface area contributed by atoms with E-state index in [0.29, 0.717) is 31.4 Å². The molecule has 2 rings (SSSR count). The van der Waals surface area contributed by atoms with Gasteiger partial charge in [-0.2, -0.15) is 0 Å². The maximum atomic E-state index is 5.81. The van der Waals surface area contributed by atoms with E-state index < -0.39 is 0 Å². The Bertz CT molecular complexity index is 456. The van der Waals surface area contributed by atoms with Crippen molar-refractivity contribution in [3.05, 3.63) is 27.2 Å². The van der Waals surface area contributed by atoms with E-state index in [1.807, 2.05) is 12.1 Å². The highest BCUT2D eigenvalue weighted by Crippen LogP contribution is 2.22. The number of halogens is 1. The van der Waals surface area contributed by atoms with Gasteiger partial charge in [-0.15, -0.1) is 16.4 Å². The monoisotopic (exact) mass is 258 g/mol. The predicted octanol–water partition coefficient (Wildman–Crippen LogP) is 1.90. The van der Waals surface area contributed by atoms with Crippen LogP contribution in [0.5, 0.6) is 0 Å². The lowest BCUT2D eigenvalue weighted by Crippen LogP contribution is -2.02. The fourth-order valence-corrected chi connectivity index (χ4v) is 2.19. The Morgan fingerprint density at radius 3 is 3.00 bits per heavy atom. The highest BCUT2D eigenvalue weighted by atomic mass is 35.5. The Hall–Kier alpha value is -1.11. The van der Waals surface area contributed by atoms with Crippen molar-refractivity contribution < 1.29 is 4.42 Å². The zero-order valence-electron chi connectivity index (χ0n) is 8.44. The molecule has 0 aliphatic carbocycles. The van der Waals surface area contributed by atoms with E-state index in [2.05, 4.69) is 15.5 Å². The van der Waals surface area contributed by atoms with Crippen molar-refractivity contribution in [2.24, 2.45) is 5.73 Å². The Morgan fingerprint density at radius 2 is 2.31 bits per heavy atom. The first-order valence-electron chi connectivity index (χ1n) is 4.78. The number of nitrogens with zero attached hydrogens (tertiary/aromatic N) is 2. The van der Waals surface area contributed by atoms with Crippen LogP contribution in [0.1, 0.15) is 10.8 Å². The molecule has 2 heterocycles. The molecular weight excluding hydrogens is 248 g/mol. The molecule has 0 aliphatic rings. The zero-order chi connectivity index (χ0) is 11.4. The Kier molecular flexibility index (Phi) is 3.76. The lowest BCUT2D eigenvalue weighted by atomic mass is 10.4. The molecule has 2 aromatic rings. The number of nitrogens with two attached hydrogens (primary N) is 1. The van der Waals surface area contributed by atoms with Crippen molar-refractivity contribution in [2.75, 3.05) is 11.9 Å². The molecule has 0 bridgehead atoms. The summed E-state index contributed by atoms with van der Waals surface area (Å²) in [6, 6.07) is 4.22. The number of hydrogen-bond donors (Lipinski definition) is 2. The summed E-state index contributed by atoms with van der Waals surface area (Å²) in [4.78, 5) is 1.11. The number of rotatable bonds is 5. The minimum atomic E-state index is 0.410. The van der Waals surface area contributed by atoms with Gasteiger partial charge in [-0.05, 0) is 12.1 Å². The minimum Gasteiger partial charge on any atom is -0.408 e. The molecule has 0 amide bonds. The van der Waals surface area contributed by atoms with Gasteiger partial charge in [0.1, 0.15) is 0 Å². The van der Waals surface area contributed by atoms with Crippen LogP contribution in [0.3, 0.4) is 0 Å². The molecule has 0 spiro atoms. The average Bonchev–Trinajstić information content (AvgIpc) is 2.85. The minimum absolute atomic E-state index is 0.410. The Labute approximate surface area is 102 Å². The molecule has 0 saturated carbocycles. The van der Waals surface area contributed by atoms with Crippen LogP contribution in [0, 0.1) is 0 Å². The van der Waals surface area contributed by atoms with Gasteiger partial charge in [-0.1, -0.05) is 16.7 Å². The number of nitrogens with one attached hydrogen (secondary N) is 1. The summed E-state index contributed by atoms with van der Waals surface area (Å²) >= 11 is 7.33. The first-order valence-corrected chi connectivity index (χ1v) is 5.98. The molecule has 0 aromatic carbocycles. The maximum Gasteiger partial charge on any atom is 0.315 e. The van der Waals surface area contributed by atoms with Gasteiger partial charge in [-0.3, -0.25) is 0 Å². The lowest BCUT2D eigenvalue weighted by molar-refractivity contribution is 0.506. The summed E-state index contributed by atoms with van der Waals surface area (Å²) in [6.07, 6.45) is 0.597. The average molecular weight is 259 g/mol. The number of thiophene rings is 1. The van der Waals surface area contributed by atoms with Gasteiger partial charge in [0.15, 0.2) is 0 Å². The second-order valence-corrected chi connectivity index (χ2v) is 4.90. The topological polar surface area (TPSA) is 77.0 Å². The summed E-state index contributed by atoms with van der Waals surface area (Å²) < 4.78 is 6.08. The van der Waals surface area contributed by atoms with Gasteiger partial charge in [-0.25, -0.2) is 0 Å². The summed E-state index contributed by atoms with van der Waals surface area (Å²) in [5.74, 6) is 0.550. The van der Waals surface area contributed by atoms with Crippen LogP contribution in [0.15, 0.2) is 16.5 Å². The summed E-state index contributed by atoms with van der Waals surface area (Å²) in [7, 11) is 0. The first kappa shape index (κ1) is 11.4. The lowest BCUT2D eigenvalue weighted by Gasteiger charge is -1.96. The van der Waals surface area contributed by atoms with Crippen LogP contribution in [-0.2, 0) is 13.0 Å². The molecule has 16 heavy (non-hydrogen) atoms. The van der Waals surface area contributed by atoms with Gasteiger partial charge >= 0.3 is 6.01 Å². The third-order valence-corrected chi connectivity index (χ3v) is 3.10.